The van der Waals surface area contributed by atoms with E-state index >= 15 is 0 Å². The van der Waals surface area contributed by atoms with Crippen LogP contribution in [0.3, 0.4) is 0 Å². The SMILES string of the molecule is Cc1c(C2(C#N)CCC(C)(C)CC2)sc2c(-c3cc(C(C)(C)C)c4ccccc4c3)nccc12. The summed E-state index contributed by atoms with van der Waals surface area (Å²) in [6.45, 7) is 13.7. The van der Waals surface area contributed by atoms with E-state index in [1.807, 2.05) is 17.5 Å². The molecule has 0 saturated heterocycles. The van der Waals surface area contributed by atoms with E-state index in [0.717, 1.165) is 36.9 Å². The molecule has 5 rings (SSSR count). The number of nitrogens with zero attached hydrogens (tertiary/aromatic N) is 2. The predicted octanol–water partition coefficient (Wildman–Crippen LogP) is 9.08. The van der Waals surface area contributed by atoms with Gasteiger partial charge in [-0.05, 0) is 88.9 Å². The number of nitriles is 1. The fourth-order valence-corrected chi connectivity index (χ4v) is 7.13. The van der Waals surface area contributed by atoms with Crippen LogP contribution in [0.4, 0.5) is 0 Å². The molecule has 0 spiro atoms. The Morgan fingerprint density at radius 3 is 2.35 bits per heavy atom. The van der Waals surface area contributed by atoms with Crippen LogP contribution in [0.25, 0.3) is 32.1 Å². The number of benzene rings is 2. The number of rotatable bonds is 2. The van der Waals surface area contributed by atoms with Gasteiger partial charge in [0, 0.05) is 16.6 Å². The fourth-order valence-electron chi connectivity index (χ4n) is 5.62. The molecule has 0 N–H and O–H groups in total. The molecule has 2 heterocycles. The third-order valence-corrected chi connectivity index (χ3v) is 9.42. The summed E-state index contributed by atoms with van der Waals surface area (Å²) in [6, 6.07) is 18.2. The summed E-state index contributed by atoms with van der Waals surface area (Å²) in [7, 11) is 0. The highest BCUT2D eigenvalue weighted by Crippen LogP contribution is 2.51. The molecule has 2 nitrogen and oxygen atoms in total. The van der Waals surface area contributed by atoms with Crippen molar-refractivity contribution in [3.8, 4) is 17.3 Å². The topological polar surface area (TPSA) is 36.7 Å². The Balaban J connectivity index is 1.72. The highest BCUT2D eigenvalue weighted by atomic mass is 32.1. The molecule has 174 valence electrons. The van der Waals surface area contributed by atoms with Gasteiger partial charge in [-0.1, -0.05) is 58.9 Å². The molecule has 2 aromatic heterocycles. The minimum absolute atomic E-state index is 0.0276. The highest BCUT2D eigenvalue weighted by Gasteiger charge is 2.42. The quantitative estimate of drug-likeness (QED) is 0.295. The van der Waals surface area contributed by atoms with Crippen LogP contribution >= 0.6 is 11.3 Å². The van der Waals surface area contributed by atoms with Crippen molar-refractivity contribution in [3.63, 3.8) is 0 Å². The molecular weight excluding hydrogens is 432 g/mol. The number of fused-ring (bicyclic) bond motifs is 2. The monoisotopic (exact) mass is 466 g/mol. The maximum atomic E-state index is 10.4. The van der Waals surface area contributed by atoms with Crippen LogP contribution in [0.2, 0.25) is 0 Å². The normalized spacial score (nSPS) is 17.7. The average Bonchev–Trinajstić information content (AvgIpc) is 3.15. The van der Waals surface area contributed by atoms with Crippen LogP contribution in [0.5, 0.6) is 0 Å². The maximum absolute atomic E-state index is 10.4. The van der Waals surface area contributed by atoms with E-state index < -0.39 is 0 Å². The third kappa shape index (κ3) is 3.73. The number of thiophene rings is 1. The molecule has 1 aliphatic carbocycles. The lowest BCUT2D eigenvalue weighted by Crippen LogP contribution is -2.33. The van der Waals surface area contributed by atoms with Crippen molar-refractivity contribution in [1.82, 2.24) is 4.98 Å². The first-order chi connectivity index (χ1) is 16.0. The molecule has 0 unspecified atom stereocenters. The molecular formula is C31H34N2S. The Labute approximate surface area is 207 Å². The second kappa shape index (κ2) is 7.92. The largest absolute Gasteiger partial charge is 0.255 e. The lowest BCUT2D eigenvalue weighted by molar-refractivity contribution is 0.195. The summed E-state index contributed by atoms with van der Waals surface area (Å²) in [6.07, 6.45) is 6.02. The second-order valence-corrected chi connectivity index (χ2v) is 13.0. The van der Waals surface area contributed by atoms with Crippen LogP contribution in [-0.4, -0.2) is 4.98 Å². The highest BCUT2D eigenvalue weighted by molar-refractivity contribution is 7.20. The molecule has 0 aliphatic heterocycles. The minimum Gasteiger partial charge on any atom is -0.255 e. The third-order valence-electron chi connectivity index (χ3n) is 7.90. The van der Waals surface area contributed by atoms with Crippen molar-refractivity contribution in [2.45, 2.75) is 78.1 Å². The van der Waals surface area contributed by atoms with Gasteiger partial charge in [-0.25, -0.2) is 0 Å². The van der Waals surface area contributed by atoms with Crippen LogP contribution in [0.1, 0.15) is 76.3 Å². The molecule has 34 heavy (non-hydrogen) atoms. The summed E-state index contributed by atoms with van der Waals surface area (Å²) >= 11 is 1.81. The van der Waals surface area contributed by atoms with E-state index in [-0.39, 0.29) is 10.8 Å². The molecule has 0 amide bonds. The smallest absolute Gasteiger partial charge is 0.0918 e. The van der Waals surface area contributed by atoms with Gasteiger partial charge < -0.3 is 0 Å². The molecule has 3 heteroatoms. The Hall–Kier alpha value is -2.70. The van der Waals surface area contributed by atoms with Crippen molar-refractivity contribution in [1.29, 1.82) is 5.26 Å². The van der Waals surface area contributed by atoms with Gasteiger partial charge in [0.1, 0.15) is 0 Å². The lowest BCUT2D eigenvalue weighted by Gasteiger charge is -2.39. The maximum Gasteiger partial charge on any atom is 0.0918 e. The van der Waals surface area contributed by atoms with E-state index in [0.29, 0.717) is 5.41 Å². The molecule has 1 saturated carbocycles. The van der Waals surface area contributed by atoms with Gasteiger partial charge in [0.15, 0.2) is 0 Å². The minimum atomic E-state index is -0.374. The number of aromatic nitrogens is 1. The van der Waals surface area contributed by atoms with Crippen molar-refractivity contribution in [2.24, 2.45) is 5.41 Å². The van der Waals surface area contributed by atoms with Gasteiger partial charge in [0.05, 0.1) is 21.9 Å². The first kappa shape index (κ1) is 23.1. The summed E-state index contributed by atoms with van der Waals surface area (Å²) in [4.78, 5) is 6.16. The molecule has 0 atom stereocenters. The van der Waals surface area contributed by atoms with E-state index in [1.165, 1.54) is 36.9 Å². The summed E-state index contributed by atoms with van der Waals surface area (Å²) < 4.78 is 1.21. The van der Waals surface area contributed by atoms with Crippen LogP contribution < -0.4 is 0 Å². The van der Waals surface area contributed by atoms with Gasteiger partial charge in [-0.3, -0.25) is 4.98 Å². The Kier molecular flexibility index (Phi) is 5.37. The van der Waals surface area contributed by atoms with Crippen LogP contribution in [0, 0.1) is 23.7 Å². The lowest BCUT2D eigenvalue weighted by atomic mass is 9.64. The summed E-state index contributed by atoms with van der Waals surface area (Å²) in [5.41, 5.74) is 4.79. The molecule has 4 aromatic rings. The van der Waals surface area contributed by atoms with E-state index in [1.54, 1.807) is 0 Å². The number of hydrogen-bond acceptors (Lipinski definition) is 3. The van der Waals surface area contributed by atoms with E-state index in [2.05, 4.69) is 90.1 Å². The first-order valence-electron chi connectivity index (χ1n) is 12.4. The summed E-state index contributed by atoms with van der Waals surface area (Å²) in [5, 5.41) is 14.2. The fraction of sp³-hybridized carbons (Fsp3) is 0.419. The average molecular weight is 467 g/mol. The zero-order valence-electron chi connectivity index (χ0n) is 21.2. The van der Waals surface area contributed by atoms with Crippen LogP contribution in [0.15, 0.2) is 48.7 Å². The van der Waals surface area contributed by atoms with Crippen LogP contribution in [-0.2, 0) is 10.8 Å². The van der Waals surface area contributed by atoms with Gasteiger partial charge in [-0.15, -0.1) is 11.3 Å². The first-order valence-corrected chi connectivity index (χ1v) is 13.2. The van der Waals surface area contributed by atoms with Crippen molar-refractivity contribution in [2.75, 3.05) is 0 Å². The molecule has 0 radical (unpaired) electrons. The molecule has 0 bridgehead atoms. The van der Waals surface area contributed by atoms with E-state index in [4.69, 9.17) is 4.98 Å². The van der Waals surface area contributed by atoms with Gasteiger partial charge >= 0.3 is 0 Å². The molecule has 2 aromatic carbocycles. The number of pyridine rings is 1. The second-order valence-electron chi connectivity index (χ2n) is 11.9. The Bertz CT molecular complexity index is 1430. The van der Waals surface area contributed by atoms with Crippen molar-refractivity contribution in [3.05, 3.63) is 64.7 Å². The predicted molar refractivity (Wildman–Crippen MR) is 146 cm³/mol. The van der Waals surface area contributed by atoms with Gasteiger partial charge in [0.2, 0.25) is 0 Å². The molecule has 1 aliphatic rings. The summed E-state index contributed by atoms with van der Waals surface area (Å²) in [5.74, 6) is 0. The van der Waals surface area contributed by atoms with E-state index in [9.17, 15) is 5.26 Å². The van der Waals surface area contributed by atoms with Gasteiger partial charge in [0.25, 0.3) is 0 Å². The Morgan fingerprint density at radius 2 is 1.68 bits per heavy atom. The Morgan fingerprint density at radius 1 is 0.971 bits per heavy atom. The van der Waals surface area contributed by atoms with Gasteiger partial charge in [-0.2, -0.15) is 5.26 Å². The van der Waals surface area contributed by atoms with Crippen molar-refractivity contribution < 1.29 is 0 Å². The standard InChI is InChI=1S/C31H34N2S/c1-20-23-11-16-33-26(22-17-21-9-7-8-10-24(21)25(18-22)29(2,3)4)27(23)34-28(20)31(19-32)14-12-30(5,6)13-15-31/h7-11,16-18H,12-15H2,1-6H3. The number of hydrogen-bond donors (Lipinski definition) is 0. The zero-order chi connectivity index (χ0) is 24.3. The number of aryl methyl sites for hydroxylation is 1. The molecule has 1 fully saturated rings. The zero-order valence-corrected chi connectivity index (χ0v) is 22.1. The van der Waals surface area contributed by atoms with Crippen molar-refractivity contribution >= 4 is 32.2 Å².